The van der Waals surface area contributed by atoms with Crippen LogP contribution >= 0.6 is 0 Å². The summed E-state index contributed by atoms with van der Waals surface area (Å²) in [5.74, 6) is -1.03. The van der Waals surface area contributed by atoms with Crippen molar-refractivity contribution in [3.8, 4) is 6.07 Å². The van der Waals surface area contributed by atoms with Crippen LogP contribution in [0.2, 0.25) is 0 Å². The van der Waals surface area contributed by atoms with Crippen molar-refractivity contribution in [1.82, 2.24) is 19.5 Å². The first-order valence-corrected chi connectivity index (χ1v) is 6.13. The van der Waals surface area contributed by atoms with E-state index >= 15 is 0 Å². The molecule has 5 N–H and O–H groups in total. The maximum atomic E-state index is 11.7. The van der Waals surface area contributed by atoms with Gasteiger partial charge in [-0.05, 0) is 0 Å². The molecule has 0 aromatic carbocycles. The number of aromatic nitrogens is 4. The smallest absolute Gasteiger partial charge is 0.280 e. The third-order valence-electron chi connectivity index (χ3n) is 3.42. The number of nitrogens with zero attached hydrogens (tertiary/aromatic N) is 4. The molecule has 1 aliphatic heterocycles. The number of nitrogens with two attached hydrogens (primary N) is 1. The Hall–Kier alpha value is -2.48. The molecule has 10 nitrogen and oxygen atoms in total. The van der Waals surface area contributed by atoms with Crippen molar-refractivity contribution >= 4 is 17.1 Å². The summed E-state index contributed by atoms with van der Waals surface area (Å²) in [6, 6.07) is 1.93. The standard InChI is InChI=1S/C11H12N6O4/c12-1-4-7(19)5(2-18)21-10(4)17-3-14-6-8(17)15-11(13)16-9(6)20/h3-5,7,10,18-19H,2H2,(H3,13,15,16,20)/t4-,5-,7+,10-/m1/s1. The number of aliphatic hydroxyl groups excluding tert-OH is 2. The number of rotatable bonds is 2. The maximum absolute atomic E-state index is 11.7. The van der Waals surface area contributed by atoms with Crippen LogP contribution in [0.25, 0.3) is 11.2 Å². The lowest BCUT2D eigenvalue weighted by Crippen LogP contribution is -2.28. The third kappa shape index (κ3) is 1.95. The first kappa shape index (κ1) is 13.5. The minimum absolute atomic E-state index is 0.0476. The van der Waals surface area contributed by atoms with Crippen LogP contribution in [0.4, 0.5) is 5.95 Å². The van der Waals surface area contributed by atoms with E-state index in [1.54, 1.807) is 0 Å². The van der Waals surface area contributed by atoms with Crippen molar-refractivity contribution in [3.63, 3.8) is 0 Å². The van der Waals surface area contributed by atoms with Crippen molar-refractivity contribution in [3.05, 3.63) is 16.7 Å². The zero-order valence-electron chi connectivity index (χ0n) is 10.7. The Bertz CT molecular complexity index is 777. The van der Waals surface area contributed by atoms with Gasteiger partial charge in [0.1, 0.15) is 18.1 Å². The van der Waals surface area contributed by atoms with Gasteiger partial charge >= 0.3 is 0 Å². The van der Waals surface area contributed by atoms with Crippen molar-refractivity contribution < 1.29 is 14.9 Å². The minimum atomic E-state index is -1.15. The molecule has 3 rings (SSSR count). The predicted molar refractivity (Wildman–Crippen MR) is 68.7 cm³/mol. The molecular weight excluding hydrogens is 280 g/mol. The van der Waals surface area contributed by atoms with E-state index in [4.69, 9.17) is 15.6 Å². The number of aromatic amines is 1. The van der Waals surface area contributed by atoms with E-state index in [2.05, 4.69) is 15.0 Å². The molecule has 10 heteroatoms. The SMILES string of the molecule is N#C[C@@H]1[C@H](O)[C@@H](CO)O[C@H]1n1cnc2c(=O)[nH]c(N)nc21. The van der Waals surface area contributed by atoms with Crippen LogP contribution in [0.15, 0.2) is 11.1 Å². The van der Waals surface area contributed by atoms with Crippen LogP contribution in [0.5, 0.6) is 0 Å². The highest BCUT2D eigenvalue weighted by Gasteiger charge is 2.45. The van der Waals surface area contributed by atoms with Crippen molar-refractivity contribution in [2.45, 2.75) is 18.4 Å². The number of ether oxygens (including phenoxy) is 1. The van der Waals surface area contributed by atoms with Crippen molar-refractivity contribution in [1.29, 1.82) is 5.26 Å². The van der Waals surface area contributed by atoms with Gasteiger partial charge < -0.3 is 20.7 Å². The molecule has 1 fully saturated rings. The number of nitriles is 1. The second-order valence-corrected chi connectivity index (χ2v) is 4.67. The summed E-state index contributed by atoms with van der Waals surface area (Å²) in [6.07, 6.45) is -1.67. The molecular formula is C11H12N6O4. The van der Waals surface area contributed by atoms with E-state index in [-0.39, 0.29) is 17.1 Å². The lowest BCUT2D eigenvalue weighted by Gasteiger charge is -2.15. The highest BCUT2D eigenvalue weighted by molar-refractivity contribution is 5.70. The largest absolute Gasteiger partial charge is 0.394 e. The Morgan fingerprint density at radius 2 is 2.38 bits per heavy atom. The highest BCUT2D eigenvalue weighted by Crippen LogP contribution is 2.35. The number of fused-ring (bicyclic) bond motifs is 1. The molecule has 0 aliphatic carbocycles. The van der Waals surface area contributed by atoms with Crippen LogP contribution in [-0.2, 0) is 4.74 Å². The Morgan fingerprint density at radius 1 is 1.62 bits per heavy atom. The number of nitrogen functional groups attached to an aromatic ring is 1. The van der Waals surface area contributed by atoms with E-state index < -0.39 is 36.5 Å². The molecule has 21 heavy (non-hydrogen) atoms. The fraction of sp³-hybridized carbons (Fsp3) is 0.455. The lowest BCUT2D eigenvalue weighted by molar-refractivity contribution is -0.0441. The molecule has 0 amide bonds. The summed E-state index contributed by atoms with van der Waals surface area (Å²) < 4.78 is 6.82. The van der Waals surface area contributed by atoms with Crippen LogP contribution in [0.1, 0.15) is 6.23 Å². The Labute approximate surface area is 117 Å². The lowest BCUT2D eigenvalue weighted by atomic mass is 10.0. The van der Waals surface area contributed by atoms with Crippen LogP contribution in [-0.4, -0.2) is 48.5 Å². The maximum Gasteiger partial charge on any atom is 0.280 e. The van der Waals surface area contributed by atoms with E-state index in [0.717, 1.165) is 0 Å². The van der Waals surface area contributed by atoms with Gasteiger partial charge in [-0.1, -0.05) is 0 Å². The average molecular weight is 292 g/mol. The van der Waals surface area contributed by atoms with Crippen LogP contribution in [0.3, 0.4) is 0 Å². The number of hydrogen-bond acceptors (Lipinski definition) is 8. The Balaban J connectivity index is 2.13. The van der Waals surface area contributed by atoms with Gasteiger partial charge in [-0.25, -0.2) is 4.98 Å². The molecule has 1 saturated heterocycles. The van der Waals surface area contributed by atoms with Gasteiger partial charge in [0.2, 0.25) is 5.95 Å². The monoisotopic (exact) mass is 292 g/mol. The zero-order chi connectivity index (χ0) is 15.1. The van der Waals surface area contributed by atoms with Crippen molar-refractivity contribution in [2.24, 2.45) is 5.92 Å². The molecule has 2 aromatic heterocycles. The molecule has 3 heterocycles. The second kappa shape index (κ2) is 4.81. The molecule has 0 radical (unpaired) electrons. The van der Waals surface area contributed by atoms with Crippen LogP contribution < -0.4 is 11.3 Å². The molecule has 1 aliphatic rings. The number of aliphatic hydroxyl groups is 2. The topological polar surface area (TPSA) is 163 Å². The number of anilines is 1. The summed E-state index contributed by atoms with van der Waals surface area (Å²) in [5, 5.41) is 28.3. The number of H-pyrrole nitrogens is 1. The average Bonchev–Trinajstić information content (AvgIpc) is 2.99. The summed E-state index contributed by atoms with van der Waals surface area (Å²) in [5.41, 5.74) is 5.18. The summed E-state index contributed by atoms with van der Waals surface area (Å²) >= 11 is 0. The molecule has 0 spiro atoms. The van der Waals surface area contributed by atoms with E-state index in [0.29, 0.717) is 0 Å². The Morgan fingerprint density at radius 3 is 3.05 bits per heavy atom. The molecule has 4 atom stereocenters. The molecule has 110 valence electrons. The third-order valence-corrected chi connectivity index (χ3v) is 3.42. The fourth-order valence-corrected chi connectivity index (χ4v) is 2.40. The fourth-order valence-electron chi connectivity index (χ4n) is 2.40. The van der Waals surface area contributed by atoms with E-state index in [1.807, 2.05) is 6.07 Å². The molecule has 2 aromatic rings. The first-order valence-electron chi connectivity index (χ1n) is 6.13. The van der Waals surface area contributed by atoms with E-state index in [1.165, 1.54) is 10.9 Å². The second-order valence-electron chi connectivity index (χ2n) is 4.67. The summed E-state index contributed by atoms with van der Waals surface area (Å²) in [6.45, 7) is -0.432. The first-order chi connectivity index (χ1) is 10.1. The normalized spacial score (nSPS) is 28.8. The van der Waals surface area contributed by atoms with Crippen LogP contribution in [0, 0.1) is 17.2 Å². The Kier molecular flexibility index (Phi) is 3.09. The van der Waals surface area contributed by atoms with Gasteiger partial charge in [-0.15, -0.1) is 0 Å². The summed E-state index contributed by atoms with van der Waals surface area (Å²) in [7, 11) is 0. The van der Waals surface area contributed by atoms with Gasteiger partial charge in [-0.2, -0.15) is 10.2 Å². The number of hydrogen-bond donors (Lipinski definition) is 4. The zero-order valence-corrected chi connectivity index (χ0v) is 10.7. The van der Waals surface area contributed by atoms with Crippen molar-refractivity contribution in [2.75, 3.05) is 12.3 Å². The van der Waals surface area contributed by atoms with Gasteiger partial charge in [0.25, 0.3) is 5.56 Å². The highest BCUT2D eigenvalue weighted by atomic mass is 16.5. The number of nitrogens with one attached hydrogen (secondary N) is 1. The van der Waals surface area contributed by atoms with Gasteiger partial charge in [0.15, 0.2) is 17.4 Å². The quantitative estimate of drug-likeness (QED) is 0.498. The van der Waals surface area contributed by atoms with Gasteiger partial charge in [-0.3, -0.25) is 14.3 Å². The van der Waals surface area contributed by atoms with Gasteiger partial charge in [0.05, 0.1) is 19.0 Å². The molecule has 0 bridgehead atoms. The number of imidazole rings is 1. The molecule has 0 saturated carbocycles. The molecule has 0 unspecified atom stereocenters. The van der Waals surface area contributed by atoms with Gasteiger partial charge in [0, 0.05) is 0 Å². The van der Waals surface area contributed by atoms with E-state index in [9.17, 15) is 15.2 Å². The minimum Gasteiger partial charge on any atom is -0.394 e. The predicted octanol–water partition coefficient (Wildman–Crippen LogP) is -1.91. The summed E-state index contributed by atoms with van der Waals surface area (Å²) in [4.78, 5) is 21.9.